The van der Waals surface area contributed by atoms with Gasteiger partial charge in [-0.15, -0.1) is 0 Å². The molecule has 0 atom stereocenters. The van der Waals surface area contributed by atoms with E-state index in [0.29, 0.717) is 23.1 Å². The zero-order valence-corrected chi connectivity index (χ0v) is 15.5. The van der Waals surface area contributed by atoms with Crippen LogP contribution in [0.25, 0.3) is 0 Å². The van der Waals surface area contributed by atoms with Crippen molar-refractivity contribution in [2.75, 3.05) is 13.2 Å². The third-order valence-electron chi connectivity index (χ3n) is 3.74. The lowest BCUT2D eigenvalue weighted by atomic mass is 10.2. The Balaban J connectivity index is 2.03. The van der Waals surface area contributed by atoms with Gasteiger partial charge in [-0.3, -0.25) is 0 Å². The highest BCUT2D eigenvalue weighted by Gasteiger charge is 2.09. The molecule has 136 valence electrons. The van der Waals surface area contributed by atoms with E-state index in [-0.39, 0.29) is 12.4 Å². The molecule has 0 aromatic heterocycles. The SMILES string of the molecule is CCCCNCc1ccc(OCc2ccc(F)cc2Cl)c(OCC)c1. The van der Waals surface area contributed by atoms with Crippen LogP contribution < -0.4 is 14.8 Å². The Morgan fingerprint density at radius 3 is 2.60 bits per heavy atom. The molecule has 0 aliphatic carbocycles. The average Bonchev–Trinajstić information content (AvgIpc) is 2.59. The van der Waals surface area contributed by atoms with Gasteiger partial charge in [0.05, 0.1) is 11.6 Å². The Morgan fingerprint density at radius 1 is 1.04 bits per heavy atom. The van der Waals surface area contributed by atoms with Gasteiger partial charge in [-0.2, -0.15) is 0 Å². The quantitative estimate of drug-likeness (QED) is 0.576. The standard InChI is InChI=1S/C20H25ClFNO2/c1-3-5-10-23-13-15-6-9-19(20(11-15)24-4-2)25-14-16-7-8-17(22)12-18(16)21/h6-9,11-12,23H,3-5,10,13-14H2,1-2H3. The number of ether oxygens (including phenoxy) is 2. The summed E-state index contributed by atoms with van der Waals surface area (Å²) in [5.41, 5.74) is 1.88. The number of rotatable bonds is 10. The van der Waals surface area contributed by atoms with Crippen LogP contribution in [0.4, 0.5) is 4.39 Å². The van der Waals surface area contributed by atoms with Gasteiger partial charge in [0, 0.05) is 12.1 Å². The van der Waals surface area contributed by atoms with Gasteiger partial charge in [-0.05, 0) is 49.7 Å². The van der Waals surface area contributed by atoms with Gasteiger partial charge in [-0.1, -0.05) is 37.1 Å². The molecular weight excluding hydrogens is 341 g/mol. The number of benzene rings is 2. The number of halogens is 2. The number of nitrogens with one attached hydrogen (secondary N) is 1. The maximum absolute atomic E-state index is 13.1. The van der Waals surface area contributed by atoms with E-state index in [2.05, 4.69) is 12.2 Å². The van der Waals surface area contributed by atoms with Crippen molar-refractivity contribution in [3.8, 4) is 11.5 Å². The summed E-state index contributed by atoms with van der Waals surface area (Å²) >= 11 is 6.05. The lowest BCUT2D eigenvalue weighted by molar-refractivity contribution is 0.269. The number of unbranched alkanes of at least 4 members (excludes halogenated alkanes) is 1. The fraction of sp³-hybridized carbons (Fsp3) is 0.400. The van der Waals surface area contributed by atoms with Crippen molar-refractivity contribution in [1.82, 2.24) is 5.32 Å². The van der Waals surface area contributed by atoms with Gasteiger partial charge >= 0.3 is 0 Å². The minimum atomic E-state index is -0.358. The van der Waals surface area contributed by atoms with E-state index in [1.54, 1.807) is 6.07 Å². The molecule has 3 nitrogen and oxygen atoms in total. The number of hydrogen-bond donors (Lipinski definition) is 1. The van der Waals surface area contributed by atoms with Crippen LogP contribution in [0.15, 0.2) is 36.4 Å². The predicted molar refractivity (Wildman–Crippen MR) is 100.0 cm³/mol. The minimum absolute atomic E-state index is 0.257. The summed E-state index contributed by atoms with van der Waals surface area (Å²) in [6.07, 6.45) is 2.34. The lowest BCUT2D eigenvalue weighted by Crippen LogP contribution is -2.14. The highest BCUT2D eigenvalue weighted by atomic mass is 35.5. The first-order chi connectivity index (χ1) is 12.1. The normalized spacial score (nSPS) is 10.7. The first kappa shape index (κ1) is 19.5. The molecule has 0 aliphatic heterocycles. The molecule has 0 saturated carbocycles. The molecule has 0 radical (unpaired) electrons. The largest absolute Gasteiger partial charge is 0.490 e. The van der Waals surface area contributed by atoms with E-state index >= 15 is 0 Å². The Hall–Kier alpha value is -1.78. The molecule has 1 N–H and O–H groups in total. The Bertz CT molecular complexity index is 679. The first-order valence-electron chi connectivity index (χ1n) is 8.67. The van der Waals surface area contributed by atoms with Gasteiger partial charge in [0.15, 0.2) is 11.5 Å². The minimum Gasteiger partial charge on any atom is -0.490 e. The second-order valence-electron chi connectivity index (χ2n) is 5.77. The van der Waals surface area contributed by atoms with Crippen LogP contribution in [0, 0.1) is 5.82 Å². The highest BCUT2D eigenvalue weighted by molar-refractivity contribution is 6.31. The van der Waals surface area contributed by atoms with Crippen molar-refractivity contribution in [1.29, 1.82) is 0 Å². The van der Waals surface area contributed by atoms with Crippen LogP contribution in [0.3, 0.4) is 0 Å². The van der Waals surface area contributed by atoms with Crippen molar-refractivity contribution < 1.29 is 13.9 Å². The number of hydrogen-bond acceptors (Lipinski definition) is 3. The Morgan fingerprint density at radius 2 is 1.88 bits per heavy atom. The maximum Gasteiger partial charge on any atom is 0.161 e. The van der Waals surface area contributed by atoms with Gasteiger partial charge < -0.3 is 14.8 Å². The smallest absolute Gasteiger partial charge is 0.161 e. The summed E-state index contributed by atoms with van der Waals surface area (Å²) in [5.74, 6) is 0.999. The molecule has 0 saturated heterocycles. The average molecular weight is 366 g/mol. The first-order valence-corrected chi connectivity index (χ1v) is 9.05. The monoisotopic (exact) mass is 365 g/mol. The lowest BCUT2D eigenvalue weighted by Gasteiger charge is -2.14. The summed E-state index contributed by atoms with van der Waals surface area (Å²) in [6, 6.07) is 10.2. The second-order valence-corrected chi connectivity index (χ2v) is 6.18. The van der Waals surface area contributed by atoms with E-state index in [1.807, 2.05) is 25.1 Å². The zero-order valence-electron chi connectivity index (χ0n) is 14.8. The molecule has 2 aromatic carbocycles. The van der Waals surface area contributed by atoms with E-state index in [1.165, 1.54) is 18.6 Å². The second kappa shape index (κ2) is 10.3. The summed E-state index contributed by atoms with van der Waals surface area (Å²) in [4.78, 5) is 0. The van der Waals surface area contributed by atoms with Crippen LogP contribution in [0.1, 0.15) is 37.8 Å². The molecule has 0 heterocycles. The highest BCUT2D eigenvalue weighted by Crippen LogP contribution is 2.30. The molecule has 0 spiro atoms. The Labute approximate surface area is 154 Å². The van der Waals surface area contributed by atoms with Crippen molar-refractivity contribution in [3.05, 3.63) is 58.4 Å². The predicted octanol–water partition coefficient (Wildman–Crippen LogP) is 5.35. The topological polar surface area (TPSA) is 30.5 Å². The Kier molecular flexibility index (Phi) is 8.02. The van der Waals surface area contributed by atoms with Crippen LogP contribution in [0.5, 0.6) is 11.5 Å². The third-order valence-corrected chi connectivity index (χ3v) is 4.09. The molecule has 0 amide bonds. The molecule has 2 rings (SSSR count). The molecule has 25 heavy (non-hydrogen) atoms. The van der Waals surface area contributed by atoms with Gasteiger partial charge in [0.1, 0.15) is 12.4 Å². The summed E-state index contributed by atoms with van der Waals surface area (Å²) < 4.78 is 24.7. The van der Waals surface area contributed by atoms with Gasteiger partial charge in [0.2, 0.25) is 0 Å². The molecular formula is C20H25ClFNO2. The van der Waals surface area contributed by atoms with Gasteiger partial charge in [-0.25, -0.2) is 4.39 Å². The van der Waals surface area contributed by atoms with Crippen LogP contribution in [0.2, 0.25) is 5.02 Å². The van der Waals surface area contributed by atoms with E-state index in [0.717, 1.165) is 30.6 Å². The maximum atomic E-state index is 13.1. The third kappa shape index (κ3) is 6.22. The molecule has 5 heteroatoms. The summed E-state index contributed by atoms with van der Waals surface area (Å²) in [5, 5.41) is 3.77. The molecule has 0 unspecified atom stereocenters. The van der Waals surface area contributed by atoms with E-state index in [9.17, 15) is 4.39 Å². The molecule has 0 aliphatic rings. The van der Waals surface area contributed by atoms with Crippen molar-refractivity contribution in [2.24, 2.45) is 0 Å². The van der Waals surface area contributed by atoms with E-state index in [4.69, 9.17) is 21.1 Å². The molecule has 0 fully saturated rings. The fourth-order valence-electron chi connectivity index (χ4n) is 2.38. The molecule has 2 aromatic rings. The van der Waals surface area contributed by atoms with Crippen LogP contribution >= 0.6 is 11.6 Å². The van der Waals surface area contributed by atoms with Crippen LogP contribution in [-0.2, 0) is 13.2 Å². The fourth-order valence-corrected chi connectivity index (χ4v) is 2.60. The van der Waals surface area contributed by atoms with E-state index < -0.39 is 0 Å². The van der Waals surface area contributed by atoms with Crippen LogP contribution in [-0.4, -0.2) is 13.2 Å². The van der Waals surface area contributed by atoms with Crippen molar-refractivity contribution >= 4 is 11.6 Å². The van der Waals surface area contributed by atoms with Crippen molar-refractivity contribution in [3.63, 3.8) is 0 Å². The summed E-state index contributed by atoms with van der Waals surface area (Å²) in [7, 11) is 0. The van der Waals surface area contributed by atoms with Gasteiger partial charge in [0.25, 0.3) is 0 Å². The summed E-state index contributed by atoms with van der Waals surface area (Å²) in [6.45, 7) is 6.72. The zero-order chi connectivity index (χ0) is 18.1. The van der Waals surface area contributed by atoms with Crippen molar-refractivity contribution in [2.45, 2.75) is 39.8 Å². The molecule has 0 bridgehead atoms.